The second-order valence-corrected chi connectivity index (χ2v) is 9.88. The molecule has 0 radical (unpaired) electrons. The van der Waals surface area contributed by atoms with E-state index < -0.39 is 5.25 Å². The number of hydrogen-bond acceptors (Lipinski definition) is 4. The van der Waals surface area contributed by atoms with Gasteiger partial charge in [0.15, 0.2) is 0 Å². The molecule has 3 aromatic rings. The van der Waals surface area contributed by atoms with Crippen LogP contribution >= 0.6 is 46.6 Å². The first-order chi connectivity index (χ1) is 14.8. The highest BCUT2D eigenvalue weighted by Crippen LogP contribution is 2.35. The van der Waals surface area contributed by atoms with Crippen LogP contribution in [-0.4, -0.2) is 28.1 Å². The second kappa shape index (κ2) is 9.25. The Labute approximate surface area is 198 Å². The molecule has 2 amide bonds. The molecule has 0 aliphatic heterocycles. The van der Waals surface area contributed by atoms with Crippen molar-refractivity contribution < 1.29 is 9.59 Å². The van der Waals surface area contributed by atoms with E-state index in [0.29, 0.717) is 26.8 Å². The van der Waals surface area contributed by atoms with Gasteiger partial charge in [-0.3, -0.25) is 9.59 Å². The highest BCUT2D eigenvalue weighted by atomic mass is 35.5. The number of aromatic nitrogens is 1. The van der Waals surface area contributed by atoms with Crippen molar-refractivity contribution >= 4 is 75.0 Å². The van der Waals surface area contributed by atoms with E-state index in [4.69, 9.17) is 34.8 Å². The van der Waals surface area contributed by atoms with Gasteiger partial charge in [0, 0.05) is 16.5 Å². The third kappa shape index (κ3) is 5.26. The van der Waals surface area contributed by atoms with E-state index in [1.54, 1.807) is 13.0 Å². The molecule has 1 aliphatic rings. The number of rotatable bonds is 6. The third-order valence-electron chi connectivity index (χ3n) is 4.77. The van der Waals surface area contributed by atoms with Crippen LogP contribution in [0.4, 0.5) is 5.69 Å². The maximum absolute atomic E-state index is 12.8. The van der Waals surface area contributed by atoms with E-state index in [1.165, 1.54) is 23.9 Å². The molecule has 1 saturated carbocycles. The average molecular weight is 495 g/mol. The maximum atomic E-state index is 12.8. The second-order valence-electron chi connectivity index (χ2n) is 7.27. The topological polar surface area (TPSA) is 71.1 Å². The maximum Gasteiger partial charge on any atom is 0.252 e. The molecule has 0 spiro atoms. The molecule has 1 unspecified atom stereocenters. The zero-order valence-electron chi connectivity index (χ0n) is 16.4. The number of carbonyl (C=O) groups is 2. The number of para-hydroxylation sites is 1. The number of amides is 2. The molecule has 1 aromatic heterocycles. The Kier molecular flexibility index (Phi) is 6.63. The summed E-state index contributed by atoms with van der Waals surface area (Å²) in [5.74, 6) is -0.421. The van der Waals surface area contributed by atoms with E-state index in [0.717, 1.165) is 18.2 Å². The fourth-order valence-corrected chi connectivity index (χ4v) is 4.79. The van der Waals surface area contributed by atoms with E-state index >= 15 is 0 Å². The summed E-state index contributed by atoms with van der Waals surface area (Å²) in [6.45, 7) is 1.75. The molecule has 0 bridgehead atoms. The van der Waals surface area contributed by atoms with Crippen molar-refractivity contribution in [2.75, 3.05) is 5.32 Å². The van der Waals surface area contributed by atoms with Crippen molar-refractivity contribution in [2.24, 2.45) is 0 Å². The Hall–Kier alpha value is -1.99. The minimum atomic E-state index is -0.518. The summed E-state index contributed by atoms with van der Waals surface area (Å²) in [5.41, 5.74) is 1.56. The molecule has 1 atom stereocenters. The standard InChI is InChI=1S/C22H18Cl3N3O2S/c1-11(21(29)28-20-16(24)8-12(23)9-17(20)25)31-19-10-15(22(30)26-13-6-7-13)14-4-2-3-5-18(14)27-19/h2-5,8-11,13H,6-7H2,1H3,(H,26,30)(H,28,29). The number of nitrogens with zero attached hydrogens (tertiary/aromatic N) is 1. The average Bonchev–Trinajstić information content (AvgIpc) is 3.53. The quantitative estimate of drug-likeness (QED) is 0.400. The van der Waals surface area contributed by atoms with Crippen molar-refractivity contribution in [1.82, 2.24) is 10.3 Å². The van der Waals surface area contributed by atoms with Crippen molar-refractivity contribution in [3.05, 3.63) is 63.1 Å². The Morgan fingerprint density at radius 3 is 2.45 bits per heavy atom. The minimum Gasteiger partial charge on any atom is -0.349 e. The van der Waals surface area contributed by atoms with Crippen LogP contribution in [0, 0.1) is 0 Å². The van der Waals surface area contributed by atoms with Gasteiger partial charge in [-0.05, 0) is 44.0 Å². The van der Waals surface area contributed by atoms with Gasteiger partial charge in [0.2, 0.25) is 5.91 Å². The van der Waals surface area contributed by atoms with Crippen molar-refractivity contribution in [2.45, 2.75) is 36.1 Å². The van der Waals surface area contributed by atoms with Crippen LogP contribution < -0.4 is 10.6 Å². The molecule has 9 heteroatoms. The largest absolute Gasteiger partial charge is 0.349 e. The summed E-state index contributed by atoms with van der Waals surface area (Å²) < 4.78 is 0. The molecule has 2 aromatic carbocycles. The number of hydrogen-bond donors (Lipinski definition) is 2. The van der Waals surface area contributed by atoms with Gasteiger partial charge in [-0.15, -0.1) is 0 Å². The molecule has 1 fully saturated rings. The molecular weight excluding hydrogens is 477 g/mol. The number of anilines is 1. The Bertz CT molecular complexity index is 1160. The summed E-state index contributed by atoms with van der Waals surface area (Å²) in [4.78, 5) is 30.1. The van der Waals surface area contributed by atoms with Gasteiger partial charge in [0.1, 0.15) is 0 Å². The number of fused-ring (bicyclic) bond motifs is 1. The van der Waals surface area contributed by atoms with E-state index in [-0.39, 0.29) is 27.9 Å². The number of pyridine rings is 1. The Morgan fingerprint density at radius 1 is 1.10 bits per heavy atom. The van der Waals surface area contributed by atoms with Gasteiger partial charge in [-0.25, -0.2) is 4.98 Å². The van der Waals surface area contributed by atoms with Crippen LogP contribution in [-0.2, 0) is 4.79 Å². The zero-order valence-corrected chi connectivity index (χ0v) is 19.5. The lowest BCUT2D eigenvalue weighted by molar-refractivity contribution is -0.115. The van der Waals surface area contributed by atoms with Gasteiger partial charge >= 0.3 is 0 Å². The molecule has 1 heterocycles. The van der Waals surface area contributed by atoms with E-state index in [1.807, 2.05) is 24.3 Å². The van der Waals surface area contributed by atoms with Gasteiger partial charge in [0.05, 0.1) is 37.1 Å². The van der Waals surface area contributed by atoms with Crippen molar-refractivity contribution in [3.63, 3.8) is 0 Å². The lowest BCUT2D eigenvalue weighted by Gasteiger charge is -2.15. The molecule has 160 valence electrons. The predicted molar refractivity (Wildman–Crippen MR) is 128 cm³/mol. The van der Waals surface area contributed by atoms with Crippen LogP contribution in [0.3, 0.4) is 0 Å². The van der Waals surface area contributed by atoms with Gasteiger partial charge in [-0.2, -0.15) is 0 Å². The van der Waals surface area contributed by atoms with Crippen LogP contribution in [0.5, 0.6) is 0 Å². The Balaban J connectivity index is 1.56. The smallest absolute Gasteiger partial charge is 0.252 e. The molecule has 4 rings (SSSR count). The van der Waals surface area contributed by atoms with Crippen molar-refractivity contribution in [1.29, 1.82) is 0 Å². The Morgan fingerprint density at radius 2 is 1.77 bits per heavy atom. The minimum absolute atomic E-state index is 0.125. The number of benzene rings is 2. The SMILES string of the molecule is CC(Sc1cc(C(=O)NC2CC2)c2ccccc2n1)C(=O)Nc1c(Cl)cc(Cl)cc1Cl. The monoisotopic (exact) mass is 493 g/mol. The number of thioether (sulfide) groups is 1. The normalized spacial score (nSPS) is 14.3. The van der Waals surface area contributed by atoms with Crippen molar-refractivity contribution in [3.8, 4) is 0 Å². The van der Waals surface area contributed by atoms with Crippen LogP contribution in [0.15, 0.2) is 47.5 Å². The molecule has 5 nitrogen and oxygen atoms in total. The fraction of sp³-hybridized carbons (Fsp3) is 0.227. The highest BCUT2D eigenvalue weighted by molar-refractivity contribution is 8.00. The third-order valence-corrected chi connectivity index (χ3v) is 6.60. The lowest BCUT2D eigenvalue weighted by atomic mass is 10.1. The van der Waals surface area contributed by atoms with Crippen LogP contribution in [0.2, 0.25) is 15.1 Å². The molecular formula is C22H18Cl3N3O2S. The summed E-state index contributed by atoms with van der Waals surface area (Å²) in [6.07, 6.45) is 2.01. The lowest BCUT2D eigenvalue weighted by Crippen LogP contribution is -2.26. The molecule has 0 saturated heterocycles. The first kappa shape index (κ1) is 22.2. The highest BCUT2D eigenvalue weighted by Gasteiger charge is 2.25. The first-order valence-corrected chi connectivity index (χ1v) is 11.7. The zero-order chi connectivity index (χ0) is 22.1. The van der Waals surface area contributed by atoms with Gasteiger partial charge in [0.25, 0.3) is 5.91 Å². The van der Waals surface area contributed by atoms with Crippen LogP contribution in [0.1, 0.15) is 30.1 Å². The van der Waals surface area contributed by atoms with Gasteiger partial charge < -0.3 is 10.6 Å². The predicted octanol–water partition coefficient (Wildman–Crippen LogP) is 6.21. The first-order valence-electron chi connectivity index (χ1n) is 9.64. The number of halogens is 3. The molecule has 31 heavy (non-hydrogen) atoms. The fourth-order valence-electron chi connectivity index (χ4n) is 3.01. The summed E-state index contributed by atoms with van der Waals surface area (Å²) in [5, 5.41) is 7.50. The van der Waals surface area contributed by atoms with E-state index in [9.17, 15) is 9.59 Å². The van der Waals surface area contributed by atoms with Gasteiger partial charge in [-0.1, -0.05) is 64.8 Å². The summed E-state index contributed by atoms with van der Waals surface area (Å²) in [6, 6.07) is 12.5. The molecule has 2 N–H and O–H groups in total. The summed E-state index contributed by atoms with van der Waals surface area (Å²) in [7, 11) is 0. The molecule has 1 aliphatic carbocycles. The summed E-state index contributed by atoms with van der Waals surface area (Å²) >= 11 is 19.5. The number of nitrogens with one attached hydrogen (secondary N) is 2. The van der Waals surface area contributed by atoms with Crippen LogP contribution in [0.25, 0.3) is 10.9 Å². The number of carbonyl (C=O) groups excluding carboxylic acids is 2. The van der Waals surface area contributed by atoms with E-state index in [2.05, 4.69) is 15.6 Å².